The summed E-state index contributed by atoms with van der Waals surface area (Å²) in [4.78, 5) is 11.9. The van der Waals surface area contributed by atoms with Crippen molar-refractivity contribution >= 4 is 46.3 Å². The predicted octanol–water partition coefficient (Wildman–Crippen LogP) is 4.23. The molecule has 0 saturated carbocycles. The zero-order valence-electron chi connectivity index (χ0n) is 11.1. The van der Waals surface area contributed by atoms with Gasteiger partial charge in [0.2, 0.25) is 0 Å². The monoisotopic (exact) mass is 325 g/mol. The molecule has 110 valence electrons. The average molecular weight is 326 g/mol. The van der Waals surface area contributed by atoms with Crippen LogP contribution < -0.4 is 21.1 Å². The number of anilines is 3. The van der Waals surface area contributed by atoms with Crippen LogP contribution in [-0.4, -0.2) is 13.1 Å². The summed E-state index contributed by atoms with van der Waals surface area (Å²) in [5.74, 6) is 0.608. The van der Waals surface area contributed by atoms with E-state index in [1.165, 1.54) is 7.11 Å². The molecule has 7 heteroatoms. The minimum Gasteiger partial charge on any atom is -0.497 e. The van der Waals surface area contributed by atoms with Crippen molar-refractivity contribution in [3.05, 3.63) is 46.4 Å². The average Bonchev–Trinajstić information content (AvgIpc) is 2.45. The van der Waals surface area contributed by atoms with Gasteiger partial charge in [-0.25, -0.2) is 4.79 Å². The maximum absolute atomic E-state index is 11.9. The molecule has 5 nitrogen and oxygen atoms in total. The van der Waals surface area contributed by atoms with Gasteiger partial charge in [0.15, 0.2) is 0 Å². The maximum Gasteiger partial charge on any atom is 0.323 e. The Morgan fingerprint density at radius 3 is 2.48 bits per heavy atom. The highest BCUT2D eigenvalue weighted by Gasteiger charge is 2.09. The molecule has 0 aliphatic heterocycles. The quantitative estimate of drug-likeness (QED) is 0.739. The number of nitrogens with one attached hydrogen (secondary N) is 2. The minimum absolute atomic E-state index is 0.386. The van der Waals surface area contributed by atoms with Gasteiger partial charge in [-0.3, -0.25) is 0 Å². The van der Waals surface area contributed by atoms with E-state index in [2.05, 4.69) is 10.6 Å². The molecule has 0 heterocycles. The number of nitrogen functional groups attached to an aromatic ring is 1. The zero-order chi connectivity index (χ0) is 15.4. The number of urea groups is 1. The lowest BCUT2D eigenvalue weighted by Crippen LogP contribution is -2.20. The second-order valence-electron chi connectivity index (χ2n) is 4.16. The summed E-state index contributed by atoms with van der Waals surface area (Å²) in [6.45, 7) is 0. The van der Waals surface area contributed by atoms with Crippen LogP contribution in [0.15, 0.2) is 36.4 Å². The lowest BCUT2D eigenvalue weighted by molar-refractivity contribution is 0.262. The first-order chi connectivity index (χ1) is 9.99. The molecular formula is C14H13Cl2N3O2. The summed E-state index contributed by atoms with van der Waals surface area (Å²) >= 11 is 11.8. The van der Waals surface area contributed by atoms with Crippen LogP contribution in [0.4, 0.5) is 21.9 Å². The van der Waals surface area contributed by atoms with Gasteiger partial charge < -0.3 is 21.1 Å². The van der Waals surface area contributed by atoms with E-state index >= 15 is 0 Å². The molecule has 0 aromatic heterocycles. The Bertz CT molecular complexity index is 677. The second kappa shape index (κ2) is 6.56. The Morgan fingerprint density at radius 2 is 1.81 bits per heavy atom. The fourth-order valence-electron chi connectivity index (χ4n) is 1.65. The maximum atomic E-state index is 11.9. The highest BCUT2D eigenvalue weighted by atomic mass is 35.5. The summed E-state index contributed by atoms with van der Waals surface area (Å²) in [5, 5.41) is 6.08. The first-order valence-corrected chi connectivity index (χ1v) is 6.72. The van der Waals surface area contributed by atoms with Gasteiger partial charge in [-0.1, -0.05) is 23.2 Å². The van der Waals surface area contributed by atoms with Crippen molar-refractivity contribution in [3.8, 4) is 5.75 Å². The van der Waals surface area contributed by atoms with Gasteiger partial charge in [-0.15, -0.1) is 0 Å². The van der Waals surface area contributed by atoms with Crippen LogP contribution >= 0.6 is 23.2 Å². The van der Waals surface area contributed by atoms with Crippen LogP contribution in [0, 0.1) is 0 Å². The molecular weight excluding hydrogens is 313 g/mol. The van der Waals surface area contributed by atoms with E-state index in [-0.39, 0.29) is 0 Å². The highest BCUT2D eigenvalue weighted by Crippen LogP contribution is 2.27. The van der Waals surface area contributed by atoms with Gasteiger partial charge in [0.05, 0.1) is 29.2 Å². The lowest BCUT2D eigenvalue weighted by atomic mass is 10.2. The van der Waals surface area contributed by atoms with E-state index in [1.54, 1.807) is 36.4 Å². The predicted molar refractivity (Wildman–Crippen MR) is 86.5 cm³/mol. The number of ether oxygens (including phenoxy) is 1. The van der Waals surface area contributed by atoms with Crippen molar-refractivity contribution in [1.29, 1.82) is 0 Å². The number of methoxy groups -OCH3 is 1. The van der Waals surface area contributed by atoms with E-state index in [0.717, 1.165) is 0 Å². The number of nitrogens with two attached hydrogens (primary N) is 1. The van der Waals surface area contributed by atoms with Crippen LogP contribution in [0.1, 0.15) is 0 Å². The SMILES string of the molecule is COc1ccc(NC(=O)Nc2cc(Cl)ccc2Cl)c(N)c1. The van der Waals surface area contributed by atoms with Crippen molar-refractivity contribution in [2.24, 2.45) is 0 Å². The van der Waals surface area contributed by atoms with Crippen LogP contribution in [0.2, 0.25) is 10.0 Å². The number of hydrogen-bond donors (Lipinski definition) is 3. The van der Waals surface area contributed by atoms with Gasteiger partial charge in [-0.2, -0.15) is 0 Å². The zero-order valence-corrected chi connectivity index (χ0v) is 12.6. The Labute approximate surface area is 132 Å². The molecule has 0 aliphatic rings. The van der Waals surface area contributed by atoms with Crippen molar-refractivity contribution < 1.29 is 9.53 Å². The summed E-state index contributed by atoms with van der Waals surface area (Å²) < 4.78 is 5.04. The molecule has 0 spiro atoms. The molecule has 0 saturated heterocycles. The Kier molecular flexibility index (Phi) is 4.77. The molecule has 4 N–H and O–H groups in total. The summed E-state index contributed by atoms with van der Waals surface area (Å²) in [5.41, 5.74) is 7.09. The normalized spacial score (nSPS) is 10.0. The molecule has 2 aromatic rings. The third-order valence-electron chi connectivity index (χ3n) is 2.68. The van der Waals surface area contributed by atoms with E-state index in [4.69, 9.17) is 33.7 Å². The van der Waals surface area contributed by atoms with Gasteiger partial charge in [0.1, 0.15) is 5.75 Å². The van der Waals surface area contributed by atoms with E-state index < -0.39 is 6.03 Å². The molecule has 0 atom stereocenters. The van der Waals surface area contributed by atoms with E-state index in [9.17, 15) is 4.79 Å². The Balaban J connectivity index is 2.10. The topological polar surface area (TPSA) is 76.4 Å². The number of benzene rings is 2. The highest BCUT2D eigenvalue weighted by molar-refractivity contribution is 6.35. The lowest BCUT2D eigenvalue weighted by Gasteiger charge is -2.11. The van der Waals surface area contributed by atoms with Crippen molar-refractivity contribution in [3.63, 3.8) is 0 Å². The van der Waals surface area contributed by atoms with E-state index in [0.29, 0.717) is 32.9 Å². The molecule has 0 aliphatic carbocycles. The van der Waals surface area contributed by atoms with Crippen LogP contribution in [0.5, 0.6) is 5.75 Å². The Hall–Kier alpha value is -2.11. The minimum atomic E-state index is -0.476. The second-order valence-corrected chi connectivity index (χ2v) is 5.00. The third kappa shape index (κ3) is 3.93. The molecule has 0 fully saturated rings. The molecule has 0 unspecified atom stereocenters. The molecule has 2 aromatic carbocycles. The number of rotatable bonds is 3. The standard InChI is InChI=1S/C14H13Cl2N3O2/c1-21-9-3-5-12(11(17)7-9)18-14(20)19-13-6-8(15)2-4-10(13)16/h2-7H,17H2,1H3,(H2,18,19,20). The number of carbonyl (C=O) groups is 1. The van der Waals surface area contributed by atoms with Crippen LogP contribution in [0.25, 0.3) is 0 Å². The molecule has 0 bridgehead atoms. The number of amides is 2. The third-order valence-corrected chi connectivity index (χ3v) is 3.25. The van der Waals surface area contributed by atoms with Gasteiger partial charge in [0.25, 0.3) is 0 Å². The van der Waals surface area contributed by atoms with Crippen molar-refractivity contribution in [2.75, 3.05) is 23.5 Å². The van der Waals surface area contributed by atoms with Crippen LogP contribution in [-0.2, 0) is 0 Å². The fourth-order valence-corrected chi connectivity index (χ4v) is 1.99. The summed E-state index contributed by atoms with van der Waals surface area (Å²) in [7, 11) is 1.54. The number of carbonyl (C=O) groups excluding carboxylic acids is 1. The molecule has 2 amide bonds. The first kappa shape index (κ1) is 15.3. The summed E-state index contributed by atoms with van der Waals surface area (Å²) in [6.07, 6.45) is 0. The van der Waals surface area contributed by atoms with Gasteiger partial charge in [0, 0.05) is 11.1 Å². The molecule has 2 rings (SSSR count). The Morgan fingerprint density at radius 1 is 1.10 bits per heavy atom. The fraction of sp³-hybridized carbons (Fsp3) is 0.0714. The van der Waals surface area contributed by atoms with Crippen LogP contribution in [0.3, 0.4) is 0 Å². The molecule has 21 heavy (non-hydrogen) atoms. The number of hydrogen-bond acceptors (Lipinski definition) is 3. The van der Waals surface area contributed by atoms with E-state index in [1.807, 2.05) is 0 Å². The van der Waals surface area contributed by atoms with Crippen molar-refractivity contribution in [2.45, 2.75) is 0 Å². The number of halogens is 2. The van der Waals surface area contributed by atoms with Gasteiger partial charge in [-0.05, 0) is 30.3 Å². The first-order valence-electron chi connectivity index (χ1n) is 5.96. The summed E-state index contributed by atoms with van der Waals surface area (Å²) in [6, 6.07) is 9.26. The van der Waals surface area contributed by atoms with Gasteiger partial charge >= 0.3 is 6.03 Å². The smallest absolute Gasteiger partial charge is 0.323 e. The van der Waals surface area contributed by atoms with Crippen molar-refractivity contribution in [1.82, 2.24) is 0 Å². The largest absolute Gasteiger partial charge is 0.497 e. The molecule has 0 radical (unpaired) electrons.